The summed E-state index contributed by atoms with van der Waals surface area (Å²) in [5, 5.41) is 5.98. The highest BCUT2D eigenvalue weighted by molar-refractivity contribution is 6.32. The van der Waals surface area contributed by atoms with Gasteiger partial charge in [0, 0.05) is 44.7 Å². The first-order chi connectivity index (χ1) is 14.0. The van der Waals surface area contributed by atoms with E-state index in [0.717, 1.165) is 37.0 Å². The van der Waals surface area contributed by atoms with Crippen molar-refractivity contribution in [2.24, 2.45) is 0 Å². The number of nitrogens with zero attached hydrogens (tertiary/aromatic N) is 2. The van der Waals surface area contributed by atoms with E-state index in [1.165, 1.54) is 6.20 Å². The van der Waals surface area contributed by atoms with Crippen molar-refractivity contribution in [3.8, 4) is 5.75 Å². The molecule has 29 heavy (non-hydrogen) atoms. The van der Waals surface area contributed by atoms with Gasteiger partial charge in [0.2, 0.25) is 0 Å². The highest BCUT2D eigenvalue weighted by atomic mass is 35.5. The summed E-state index contributed by atoms with van der Waals surface area (Å²) in [6.07, 6.45) is 4.85. The first-order valence-electron chi connectivity index (χ1n) is 9.70. The number of aryl methyl sites for hydroxylation is 1. The van der Waals surface area contributed by atoms with Crippen LogP contribution in [0, 0.1) is 0 Å². The van der Waals surface area contributed by atoms with Crippen LogP contribution in [0.4, 0.5) is 10.6 Å². The first kappa shape index (κ1) is 19.5. The predicted octanol–water partition coefficient (Wildman–Crippen LogP) is 3.49. The van der Waals surface area contributed by atoms with Crippen molar-refractivity contribution >= 4 is 29.4 Å². The second kappa shape index (κ2) is 7.91. The number of anilines is 1. The highest BCUT2D eigenvalue weighted by Crippen LogP contribution is 2.42. The molecule has 2 aliphatic rings. The minimum Gasteiger partial charge on any atom is -0.485 e. The van der Waals surface area contributed by atoms with Crippen LogP contribution in [0.2, 0.25) is 5.02 Å². The zero-order chi connectivity index (χ0) is 20.4. The number of pyridine rings is 1. The normalized spacial score (nSPS) is 17.2. The standard InChI is InChI=1S/C21H23ClN4O3/c1-23-19(27)15-6-10-24-17(13-15)25-20(28)26-11-8-21(9-12-26)7-5-14-3-2-4-16(22)18(14)29-21/h2-4,6,10,13H,5,7-9,11-12H2,1H3,(H,23,27)(H,24,25,28). The molecule has 152 valence electrons. The van der Waals surface area contributed by atoms with E-state index in [0.29, 0.717) is 29.5 Å². The molecule has 1 fully saturated rings. The quantitative estimate of drug-likeness (QED) is 0.787. The lowest BCUT2D eigenvalue weighted by atomic mass is 9.83. The Hall–Kier alpha value is -2.80. The average Bonchev–Trinajstić information content (AvgIpc) is 2.74. The van der Waals surface area contributed by atoms with Crippen LogP contribution in [-0.4, -0.2) is 47.6 Å². The number of ether oxygens (including phenoxy) is 1. The van der Waals surface area contributed by atoms with Gasteiger partial charge in [0.15, 0.2) is 0 Å². The fraction of sp³-hybridized carbons (Fsp3) is 0.381. The number of piperidine rings is 1. The third-order valence-electron chi connectivity index (χ3n) is 5.66. The van der Waals surface area contributed by atoms with Crippen LogP contribution < -0.4 is 15.4 Å². The Morgan fingerprint density at radius 1 is 1.21 bits per heavy atom. The average molecular weight is 415 g/mol. The summed E-state index contributed by atoms with van der Waals surface area (Å²) in [6, 6.07) is 8.78. The lowest BCUT2D eigenvalue weighted by Crippen LogP contribution is -2.52. The Balaban J connectivity index is 1.38. The summed E-state index contributed by atoms with van der Waals surface area (Å²) < 4.78 is 6.34. The van der Waals surface area contributed by atoms with Gasteiger partial charge in [-0.05, 0) is 36.6 Å². The van der Waals surface area contributed by atoms with E-state index < -0.39 is 0 Å². The van der Waals surface area contributed by atoms with Crippen molar-refractivity contribution in [3.05, 3.63) is 52.7 Å². The number of carbonyl (C=O) groups excluding carboxylic acids is 2. The van der Waals surface area contributed by atoms with Crippen molar-refractivity contribution < 1.29 is 14.3 Å². The predicted molar refractivity (Wildman–Crippen MR) is 111 cm³/mol. The third kappa shape index (κ3) is 4.00. The van der Waals surface area contributed by atoms with Crippen LogP contribution >= 0.6 is 11.6 Å². The van der Waals surface area contributed by atoms with Gasteiger partial charge in [-0.1, -0.05) is 23.7 Å². The number of hydrogen-bond donors (Lipinski definition) is 2. The Morgan fingerprint density at radius 3 is 2.76 bits per heavy atom. The lowest BCUT2D eigenvalue weighted by molar-refractivity contribution is -0.00427. The molecule has 4 rings (SSSR count). The SMILES string of the molecule is CNC(=O)c1ccnc(NC(=O)N2CCC3(CCc4cccc(Cl)c4O3)CC2)c1. The van der Waals surface area contributed by atoms with E-state index in [-0.39, 0.29) is 17.5 Å². The Bertz CT molecular complexity index is 941. The molecule has 0 atom stereocenters. The molecule has 8 heteroatoms. The number of amides is 3. The van der Waals surface area contributed by atoms with Crippen LogP contribution in [0.5, 0.6) is 5.75 Å². The summed E-state index contributed by atoms with van der Waals surface area (Å²) in [4.78, 5) is 30.3. The molecule has 1 aromatic carbocycles. The second-order valence-corrected chi connectivity index (χ2v) is 7.85. The highest BCUT2D eigenvalue weighted by Gasteiger charge is 2.41. The van der Waals surface area contributed by atoms with E-state index in [1.54, 1.807) is 24.1 Å². The summed E-state index contributed by atoms with van der Waals surface area (Å²) in [5.74, 6) is 0.913. The van der Waals surface area contributed by atoms with Gasteiger partial charge in [0.1, 0.15) is 17.2 Å². The number of aromatic nitrogens is 1. The molecule has 2 N–H and O–H groups in total. The number of fused-ring (bicyclic) bond motifs is 1. The first-order valence-corrected chi connectivity index (χ1v) is 10.1. The van der Waals surface area contributed by atoms with Gasteiger partial charge in [0.05, 0.1) is 5.02 Å². The molecule has 3 heterocycles. The van der Waals surface area contributed by atoms with Crippen LogP contribution in [0.25, 0.3) is 0 Å². The van der Waals surface area contributed by atoms with Gasteiger partial charge in [-0.15, -0.1) is 0 Å². The summed E-state index contributed by atoms with van der Waals surface area (Å²) in [6.45, 7) is 1.17. The zero-order valence-electron chi connectivity index (χ0n) is 16.2. The van der Waals surface area contributed by atoms with Crippen molar-refractivity contribution in [1.82, 2.24) is 15.2 Å². The van der Waals surface area contributed by atoms with Crippen LogP contribution in [0.1, 0.15) is 35.2 Å². The van der Waals surface area contributed by atoms with Crippen molar-refractivity contribution in [2.75, 3.05) is 25.5 Å². The van der Waals surface area contributed by atoms with Gasteiger partial charge < -0.3 is 15.0 Å². The molecule has 1 saturated heterocycles. The molecule has 3 amide bonds. The minimum absolute atomic E-state index is 0.226. The number of halogens is 1. The summed E-state index contributed by atoms with van der Waals surface area (Å²) in [5.41, 5.74) is 1.32. The van der Waals surface area contributed by atoms with Crippen molar-refractivity contribution in [2.45, 2.75) is 31.3 Å². The molecule has 0 unspecified atom stereocenters. The molecule has 0 aliphatic carbocycles. The molecule has 2 aromatic rings. The molecule has 0 radical (unpaired) electrons. The van der Waals surface area contributed by atoms with E-state index in [4.69, 9.17) is 16.3 Å². The largest absolute Gasteiger partial charge is 0.485 e. The maximum atomic E-state index is 12.7. The van der Waals surface area contributed by atoms with Gasteiger partial charge in [-0.25, -0.2) is 9.78 Å². The lowest BCUT2D eigenvalue weighted by Gasteiger charge is -2.44. The molecule has 0 saturated carbocycles. The molecular weight excluding hydrogens is 392 g/mol. The van der Waals surface area contributed by atoms with Gasteiger partial charge in [0.25, 0.3) is 5.91 Å². The van der Waals surface area contributed by atoms with E-state index >= 15 is 0 Å². The topological polar surface area (TPSA) is 83.6 Å². The van der Waals surface area contributed by atoms with Crippen LogP contribution in [-0.2, 0) is 6.42 Å². The molecule has 7 nitrogen and oxygen atoms in total. The molecular formula is C21H23ClN4O3. The second-order valence-electron chi connectivity index (χ2n) is 7.44. The van der Waals surface area contributed by atoms with Crippen molar-refractivity contribution in [3.63, 3.8) is 0 Å². The molecule has 0 bridgehead atoms. The van der Waals surface area contributed by atoms with Crippen LogP contribution in [0.3, 0.4) is 0 Å². The van der Waals surface area contributed by atoms with Gasteiger partial charge in [-0.3, -0.25) is 10.1 Å². The summed E-state index contributed by atoms with van der Waals surface area (Å²) >= 11 is 6.32. The fourth-order valence-corrected chi connectivity index (χ4v) is 4.17. The zero-order valence-corrected chi connectivity index (χ0v) is 17.0. The number of carbonyl (C=O) groups is 2. The third-order valence-corrected chi connectivity index (χ3v) is 5.96. The number of benzene rings is 1. The Kier molecular flexibility index (Phi) is 5.32. The number of likely N-dealkylation sites (tertiary alicyclic amines) is 1. The number of rotatable bonds is 2. The van der Waals surface area contributed by atoms with E-state index in [2.05, 4.69) is 21.7 Å². The fourth-order valence-electron chi connectivity index (χ4n) is 3.94. The monoisotopic (exact) mass is 414 g/mol. The maximum absolute atomic E-state index is 12.7. The van der Waals surface area contributed by atoms with Crippen LogP contribution in [0.15, 0.2) is 36.5 Å². The van der Waals surface area contributed by atoms with Gasteiger partial charge >= 0.3 is 6.03 Å². The summed E-state index contributed by atoms with van der Waals surface area (Å²) in [7, 11) is 1.56. The number of para-hydroxylation sites is 1. The molecule has 1 aromatic heterocycles. The minimum atomic E-state index is -0.272. The molecule has 1 spiro atoms. The molecule has 2 aliphatic heterocycles. The number of nitrogens with one attached hydrogen (secondary N) is 2. The number of urea groups is 1. The maximum Gasteiger partial charge on any atom is 0.323 e. The van der Waals surface area contributed by atoms with E-state index in [1.807, 2.05) is 12.1 Å². The smallest absolute Gasteiger partial charge is 0.323 e. The van der Waals surface area contributed by atoms with Gasteiger partial charge in [-0.2, -0.15) is 0 Å². The van der Waals surface area contributed by atoms with Crippen molar-refractivity contribution in [1.29, 1.82) is 0 Å². The Morgan fingerprint density at radius 2 is 2.00 bits per heavy atom. The Labute approximate surface area is 174 Å². The van der Waals surface area contributed by atoms with E-state index in [9.17, 15) is 9.59 Å². The number of hydrogen-bond acceptors (Lipinski definition) is 4.